The third-order valence-electron chi connectivity index (χ3n) is 3.24. The Bertz CT molecular complexity index is 456. The molecule has 0 radical (unpaired) electrons. The SMILES string of the molecule is CNCC1CCCN1C(=O)c1ccc(F)cc1F.Cl. The fourth-order valence-electron chi connectivity index (χ4n) is 2.37. The largest absolute Gasteiger partial charge is 0.334 e. The highest BCUT2D eigenvalue weighted by Crippen LogP contribution is 2.21. The molecule has 1 N–H and O–H groups in total. The predicted octanol–water partition coefficient (Wildman–Crippen LogP) is 2.21. The number of hydrogen-bond acceptors (Lipinski definition) is 2. The molecule has 0 aromatic heterocycles. The number of benzene rings is 1. The molecule has 1 fully saturated rings. The molecule has 0 aliphatic carbocycles. The van der Waals surface area contributed by atoms with Crippen LogP contribution in [0.15, 0.2) is 18.2 Å². The van der Waals surface area contributed by atoms with Crippen LogP contribution in [0.4, 0.5) is 8.78 Å². The van der Waals surface area contributed by atoms with E-state index < -0.39 is 11.6 Å². The van der Waals surface area contributed by atoms with Crippen LogP contribution in [0.2, 0.25) is 0 Å². The Kier molecular flexibility index (Phi) is 5.69. The molecule has 6 heteroatoms. The molecular formula is C13H17ClF2N2O. The first-order valence-electron chi connectivity index (χ1n) is 6.04. The molecule has 19 heavy (non-hydrogen) atoms. The van der Waals surface area contributed by atoms with Gasteiger partial charge in [0.2, 0.25) is 0 Å². The second kappa shape index (κ2) is 6.82. The molecule has 2 rings (SSSR count). The molecule has 1 aromatic carbocycles. The van der Waals surface area contributed by atoms with Crippen LogP contribution < -0.4 is 5.32 Å². The minimum atomic E-state index is -0.796. The Morgan fingerprint density at radius 3 is 2.84 bits per heavy atom. The van der Waals surface area contributed by atoms with Crippen LogP contribution in [0.3, 0.4) is 0 Å². The first-order chi connectivity index (χ1) is 8.63. The summed E-state index contributed by atoms with van der Waals surface area (Å²) in [6.07, 6.45) is 1.83. The maximum atomic E-state index is 13.6. The van der Waals surface area contributed by atoms with Crippen LogP contribution >= 0.6 is 12.4 Å². The summed E-state index contributed by atoms with van der Waals surface area (Å²) in [4.78, 5) is 13.9. The second-order valence-corrected chi connectivity index (χ2v) is 4.48. The molecule has 0 saturated carbocycles. The lowest BCUT2D eigenvalue weighted by Gasteiger charge is -2.24. The summed E-state index contributed by atoms with van der Waals surface area (Å²) in [5.41, 5.74) is -0.0561. The Morgan fingerprint density at radius 2 is 2.21 bits per heavy atom. The summed E-state index contributed by atoms with van der Waals surface area (Å²) < 4.78 is 26.4. The van der Waals surface area contributed by atoms with E-state index in [0.29, 0.717) is 13.1 Å². The average Bonchev–Trinajstić information content (AvgIpc) is 2.77. The Hall–Kier alpha value is -1.20. The molecule has 1 unspecified atom stereocenters. The molecule has 106 valence electrons. The van der Waals surface area contributed by atoms with E-state index in [1.807, 2.05) is 7.05 Å². The van der Waals surface area contributed by atoms with Crippen molar-refractivity contribution < 1.29 is 13.6 Å². The van der Waals surface area contributed by atoms with Gasteiger partial charge in [0, 0.05) is 25.2 Å². The topological polar surface area (TPSA) is 32.3 Å². The van der Waals surface area contributed by atoms with Crippen molar-refractivity contribution in [3.63, 3.8) is 0 Å². The molecule has 1 aliphatic rings. The van der Waals surface area contributed by atoms with Crippen molar-refractivity contribution in [1.82, 2.24) is 10.2 Å². The number of carbonyl (C=O) groups is 1. The zero-order valence-corrected chi connectivity index (χ0v) is 11.5. The van der Waals surface area contributed by atoms with E-state index in [1.54, 1.807) is 4.90 Å². The summed E-state index contributed by atoms with van der Waals surface area (Å²) >= 11 is 0. The van der Waals surface area contributed by atoms with Crippen LogP contribution in [0, 0.1) is 11.6 Å². The highest BCUT2D eigenvalue weighted by Gasteiger charge is 2.30. The minimum Gasteiger partial charge on any atom is -0.334 e. The third kappa shape index (κ3) is 3.42. The van der Waals surface area contributed by atoms with Gasteiger partial charge in [0.15, 0.2) is 0 Å². The van der Waals surface area contributed by atoms with Crippen molar-refractivity contribution in [1.29, 1.82) is 0 Å². The predicted molar refractivity (Wildman–Crippen MR) is 71.6 cm³/mol. The Labute approximate surface area is 117 Å². The average molecular weight is 291 g/mol. The highest BCUT2D eigenvalue weighted by molar-refractivity contribution is 5.94. The molecule has 1 aromatic rings. The van der Waals surface area contributed by atoms with Gasteiger partial charge in [-0.2, -0.15) is 0 Å². The van der Waals surface area contributed by atoms with E-state index in [4.69, 9.17) is 0 Å². The van der Waals surface area contributed by atoms with Crippen molar-refractivity contribution in [2.75, 3.05) is 20.1 Å². The van der Waals surface area contributed by atoms with E-state index in [2.05, 4.69) is 5.32 Å². The maximum absolute atomic E-state index is 13.6. The van der Waals surface area contributed by atoms with Crippen molar-refractivity contribution in [3.05, 3.63) is 35.4 Å². The van der Waals surface area contributed by atoms with E-state index in [-0.39, 0.29) is 29.9 Å². The molecule has 3 nitrogen and oxygen atoms in total. The summed E-state index contributed by atoms with van der Waals surface area (Å²) in [6.45, 7) is 1.32. The summed E-state index contributed by atoms with van der Waals surface area (Å²) in [5.74, 6) is -1.82. The van der Waals surface area contributed by atoms with Gasteiger partial charge >= 0.3 is 0 Å². The first kappa shape index (κ1) is 15.9. The van der Waals surface area contributed by atoms with Gasteiger partial charge in [-0.1, -0.05) is 0 Å². The normalized spacial score (nSPS) is 18.3. The van der Waals surface area contributed by atoms with Crippen molar-refractivity contribution in [2.24, 2.45) is 0 Å². The van der Waals surface area contributed by atoms with Crippen molar-refractivity contribution in [2.45, 2.75) is 18.9 Å². The van der Waals surface area contributed by atoms with E-state index >= 15 is 0 Å². The van der Waals surface area contributed by atoms with Gasteiger partial charge in [-0.25, -0.2) is 8.78 Å². The number of nitrogens with one attached hydrogen (secondary N) is 1. The number of nitrogens with zero attached hydrogens (tertiary/aromatic N) is 1. The van der Waals surface area contributed by atoms with Gasteiger partial charge in [-0.15, -0.1) is 12.4 Å². The number of amides is 1. The highest BCUT2D eigenvalue weighted by atomic mass is 35.5. The van der Waals surface area contributed by atoms with Crippen LogP contribution in [-0.2, 0) is 0 Å². The maximum Gasteiger partial charge on any atom is 0.257 e. The first-order valence-corrected chi connectivity index (χ1v) is 6.04. The van der Waals surface area contributed by atoms with Crippen LogP contribution in [0.1, 0.15) is 23.2 Å². The number of rotatable bonds is 3. The molecule has 1 aliphatic heterocycles. The fourth-order valence-corrected chi connectivity index (χ4v) is 2.37. The lowest BCUT2D eigenvalue weighted by Crippen LogP contribution is -2.41. The number of halogens is 3. The van der Waals surface area contributed by atoms with Crippen molar-refractivity contribution >= 4 is 18.3 Å². The molecule has 0 spiro atoms. The lowest BCUT2D eigenvalue weighted by molar-refractivity contribution is 0.0732. The molecule has 1 atom stereocenters. The standard InChI is InChI=1S/C13H16F2N2O.ClH/c1-16-8-10-3-2-6-17(10)13(18)11-5-4-9(14)7-12(11)15;/h4-5,7,10,16H,2-3,6,8H2,1H3;1H. The van der Waals surface area contributed by atoms with Gasteiger partial charge in [0.05, 0.1) is 5.56 Å². The molecule has 1 amide bonds. The van der Waals surface area contributed by atoms with Gasteiger partial charge in [-0.05, 0) is 32.0 Å². The Morgan fingerprint density at radius 1 is 1.47 bits per heavy atom. The fraction of sp³-hybridized carbons (Fsp3) is 0.462. The summed E-state index contributed by atoms with van der Waals surface area (Å²) in [6, 6.07) is 3.16. The summed E-state index contributed by atoms with van der Waals surface area (Å²) in [7, 11) is 1.82. The quantitative estimate of drug-likeness (QED) is 0.926. The Balaban J connectivity index is 0.00000180. The minimum absolute atomic E-state index is 0. The second-order valence-electron chi connectivity index (χ2n) is 4.48. The smallest absolute Gasteiger partial charge is 0.257 e. The van der Waals surface area contributed by atoms with Gasteiger partial charge in [0.25, 0.3) is 5.91 Å². The molecule has 1 saturated heterocycles. The van der Waals surface area contributed by atoms with E-state index in [1.165, 1.54) is 6.07 Å². The number of likely N-dealkylation sites (N-methyl/N-ethyl adjacent to an activating group) is 1. The van der Waals surface area contributed by atoms with Crippen LogP contribution in [-0.4, -0.2) is 37.0 Å². The van der Waals surface area contributed by atoms with Gasteiger partial charge in [-0.3, -0.25) is 4.79 Å². The number of likely N-dealkylation sites (tertiary alicyclic amines) is 1. The summed E-state index contributed by atoms with van der Waals surface area (Å²) in [5, 5.41) is 3.02. The van der Waals surface area contributed by atoms with E-state index in [9.17, 15) is 13.6 Å². The van der Waals surface area contributed by atoms with Crippen molar-refractivity contribution in [3.8, 4) is 0 Å². The molecule has 1 heterocycles. The molecule has 0 bridgehead atoms. The zero-order valence-electron chi connectivity index (χ0n) is 10.7. The van der Waals surface area contributed by atoms with Crippen LogP contribution in [0.5, 0.6) is 0 Å². The lowest BCUT2D eigenvalue weighted by atomic mass is 10.1. The van der Waals surface area contributed by atoms with Gasteiger partial charge in [0.1, 0.15) is 11.6 Å². The van der Waals surface area contributed by atoms with E-state index in [0.717, 1.165) is 25.0 Å². The van der Waals surface area contributed by atoms with Gasteiger partial charge < -0.3 is 10.2 Å². The monoisotopic (exact) mass is 290 g/mol. The van der Waals surface area contributed by atoms with Crippen LogP contribution in [0.25, 0.3) is 0 Å². The number of carbonyl (C=O) groups excluding carboxylic acids is 1. The zero-order chi connectivity index (χ0) is 13.1. The number of hydrogen-bond donors (Lipinski definition) is 1. The third-order valence-corrected chi connectivity index (χ3v) is 3.24. The molecular weight excluding hydrogens is 274 g/mol.